The standard InChI is InChI=1S/C24H30N4O2/c1-24(2,3)19-10-8-18(9-11-19)23-25-22(17-28(4)12-14-30-15-13-28)26-27(23)20-6-5-7-21(29)16-20/h5-11,16H,12-15,17H2,1-4H3. The highest BCUT2D eigenvalue weighted by Crippen LogP contribution is 2.28. The maximum absolute atomic E-state index is 12.0. The molecule has 0 radical (unpaired) electrons. The molecule has 3 aromatic rings. The largest absolute Gasteiger partial charge is 0.872 e. The summed E-state index contributed by atoms with van der Waals surface area (Å²) < 4.78 is 8.18. The number of benzene rings is 2. The lowest BCUT2D eigenvalue weighted by molar-refractivity contribution is -0.930. The fourth-order valence-electron chi connectivity index (χ4n) is 3.81. The number of ether oxygens (including phenoxy) is 1. The van der Waals surface area contributed by atoms with Crippen molar-refractivity contribution < 1.29 is 14.3 Å². The summed E-state index contributed by atoms with van der Waals surface area (Å²) in [7, 11) is 2.22. The Kier molecular flexibility index (Phi) is 5.38. The highest BCUT2D eigenvalue weighted by molar-refractivity contribution is 5.59. The summed E-state index contributed by atoms with van der Waals surface area (Å²) in [6, 6.07) is 15.3. The van der Waals surface area contributed by atoms with Gasteiger partial charge in [-0.3, -0.25) is 0 Å². The first kappa shape index (κ1) is 20.6. The van der Waals surface area contributed by atoms with Gasteiger partial charge in [-0.15, -0.1) is 10.8 Å². The molecule has 1 aromatic heterocycles. The van der Waals surface area contributed by atoms with E-state index in [0.29, 0.717) is 0 Å². The van der Waals surface area contributed by atoms with Crippen molar-refractivity contribution in [1.82, 2.24) is 14.8 Å². The molecule has 0 spiro atoms. The van der Waals surface area contributed by atoms with E-state index in [1.807, 2.05) is 6.07 Å². The zero-order valence-electron chi connectivity index (χ0n) is 18.3. The zero-order valence-corrected chi connectivity index (χ0v) is 18.3. The molecule has 2 aromatic carbocycles. The summed E-state index contributed by atoms with van der Waals surface area (Å²) in [5.74, 6) is 1.51. The van der Waals surface area contributed by atoms with Gasteiger partial charge in [0.15, 0.2) is 5.82 Å². The Hall–Kier alpha value is -2.70. The molecular weight excluding hydrogens is 376 g/mol. The molecular formula is C24H30N4O2. The van der Waals surface area contributed by atoms with Crippen molar-refractivity contribution in [2.24, 2.45) is 0 Å². The predicted molar refractivity (Wildman–Crippen MR) is 115 cm³/mol. The first-order valence-electron chi connectivity index (χ1n) is 10.5. The Morgan fingerprint density at radius 3 is 2.40 bits per heavy atom. The van der Waals surface area contributed by atoms with Crippen molar-refractivity contribution in [2.75, 3.05) is 33.4 Å². The first-order valence-corrected chi connectivity index (χ1v) is 10.5. The molecule has 0 bridgehead atoms. The van der Waals surface area contributed by atoms with Gasteiger partial charge in [0.05, 0.1) is 25.9 Å². The van der Waals surface area contributed by atoms with E-state index in [2.05, 4.69) is 52.1 Å². The molecule has 0 aliphatic carbocycles. The van der Waals surface area contributed by atoms with E-state index in [1.54, 1.807) is 22.9 Å². The molecule has 6 nitrogen and oxygen atoms in total. The molecule has 158 valence electrons. The highest BCUT2D eigenvalue weighted by Gasteiger charge is 2.28. The maximum atomic E-state index is 12.0. The summed E-state index contributed by atoms with van der Waals surface area (Å²) in [5, 5.41) is 16.8. The molecule has 6 heteroatoms. The van der Waals surface area contributed by atoms with Crippen LogP contribution in [0.15, 0.2) is 48.5 Å². The normalized spacial score (nSPS) is 16.5. The Labute approximate surface area is 178 Å². The van der Waals surface area contributed by atoms with Gasteiger partial charge in [0.2, 0.25) is 5.82 Å². The number of aromatic nitrogens is 3. The Morgan fingerprint density at radius 1 is 1.07 bits per heavy atom. The number of quaternary nitrogens is 1. The molecule has 0 atom stereocenters. The molecule has 1 fully saturated rings. The Bertz CT molecular complexity index is 1010. The second-order valence-electron chi connectivity index (χ2n) is 9.43. The van der Waals surface area contributed by atoms with Gasteiger partial charge in [-0.1, -0.05) is 57.2 Å². The average molecular weight is 407 g/mol. The summed E-state index contributed by atoms with van der Waals surface area (Å²) in [4.78, 5) is 4.91. The van der Waals surface area contributed by atoms with Crippen LogP contribution in [0.3, 0.4) is 0 Å². The summed E-state index contributed by atoms with van der Waals surface area (Å²) in [6.07, 6.45) is 0. The summed E-state index contributed by atoms with van der Waals surface area (Å²) in [6.45, 7) is 10.8. The van der Waals surface area contributed by atoms with E-state index in [4.69, 9.17) is 14.8 Å². The molecule has 2 heterocycles. The van der Waals surface area contributed by atoms with Crippen LogP contribution in [0.4, 0.5) is 0 Å². The van der Waals surface area contributed by atoms with Crippen molar-refractivity contribution in [1.29, 1.82) is 0 Å². The number of rotatable bonds is 4. The van der Waals surface area contributed by atoms with Crippen LogP contribution in [0.2, 0.25) is 0 Å². The Morgan fingerprint density at radius 2 is 1.77 bits per heavy atom. The predicted octanol–water partition coefficient (Wildman–Crippen LogP) is 3.28. The lowest BCUT2D eigenvalue weighted by atomic mass is 9.87. The number of morpholine rings is 1. The van der Waals surface area contributed by atoms with Crippen LogP contribution in [0.5, 0.6) is 5.75 Å². The highest BCUT2D eigenvalue weighted by atomic mass is 16.5. The van der Waals surface area contributed by atoms with Crippen molar-refractivity contribution >= 4 is 0 Å². The van der Waals surface area contributed by atoms with Crippen molar-refractivity contribution in [3.05, 3.63) is 59.9 Å². The quantitative estimate of drug-likeness (QED) is 0.624. The minimum absolute atomic E-state index is 0.0363. The fraction of sp³-hybridized carbons (Fsp3) is 0.417. The van der Waals surface area contributed by atoms with Gasteiger partial charge < -0.3 is 14.3 Å². The van der Waals surface area contributed by atoms with Gasteiger partial charge in [0.1, 0.15) is 19.6 Å². The number of likely N-dealkylation sites (N-methyl/N-ethyl adjacent to an activating group) is 1. The van der Waals surface area contributed by atoms with Crippen LogP contribution >= 0.6 is 0 Å². The molecule has 0 unspecified atom stereocenters. The molecule has 1 aliphatic rings. The smallest absolute Gasteiger partial charge is 0.206 e. The van der Waals surface area contributed by atoms with E-state index in [-0.39, 0.29) is 11.2 Å². The lowest BCUT2D eigenvalue weighted by Crippen LogP contribution is -2.51. The van der Waals surface area contributed by atoms with E-state index in [1.165, 1.54) is 5.56 Å². The molecule has 0 N–H and O–H groups in total. The molecule has 1 aliphatic heterocycles. The van der Waals surface area contributed by atoms with Gasteiger partial charge in [-0.05, 0) is 23.1 Å². The molecule has 1 saturated heterocycles. The maximum Gasteiger partial charge on any atom is 0.206 e. The first-order chi connectivity index (χ1) is 14.2. The van der Waals surface area contributed by atoms with E-state index >= 15 is 0 Å². The van der Waals surface area contributed by atoms with Gasteiger partial charge in [-0.25, -0.2) is 9.67 Å². The van der Waals surface area contributed by atoms with Gasteiger partial charge >= 0.3 is 0 Å². The monoisotopic (exact) mass is 406 g/mol. The molecule has 0 saturated carbocycles. The van der Waals surface area contributed by atoms with Gasteiger partial charge in [0, 0.05) is 5.56 Å². The number of nitrogens with zero attached hydrogens (tertiary/aromatic N) is 4. The third-order valence-electron chi connectivity index (χ3n) is 5.80. The summed E-state index contributed by atoms with van der Waals surface area (Å²) in [5.41, 5.74) is 3.08. The third kappa shape index (κ3) is 4.40. The minimum Gasteiger partial charge on any atom is -0.872 e. The van der Waals surface area contributed by atoms with Crippen molar-refractivity contribution in [3.8, 4) is 22.8 Å². The Balaban J connectivity index is 1.75. The molecule has 0 amide bonds. The third-order valence-corrected chi connectivity index (χ3v) is 5.80. The van der Waals surface area contributed by atoms with Crippen LogP contribution in [0.25, 0.3) is 17.1 Å². The van der Waals surface area contributed by atoms with Gasteiger partial charge in [-0.2, -0.15) is 0 Å². The van der Waals surface area contributed by atoms with Crippen molar-refractivity contribution in [2.45, 2.75) is 32.7 Å². The second kappa shape index (κ2) is 7.85. The number of hydrogen-bond donors (Lipinski definition) is 0. The molecule has 4 rings (SSSR count). The van der Waals surface area contributed by atoms with Crippen LogP contribution in [-0.4, -0.2) is 52.6 Å². The van der Waals surface area contributed by atoms with Crippen molar-refractivity contribution in [3.63, 3.8) is 0 Å². The topological polar surface area (TPSA) is 63.0 Å². The fourth-order valence-corrected chi connectivity index (χ4v) is 3.81. The second-order valence-corrected chi connectivity index (χ2v) is 9.43. The van der Waals surface area contributed by atoms with Gasteiger partial charge in [0.25, 0.3) is 0 Å². The zero-order chi connectivity index (χ0) is 21.4. The van der Waals surface area contributed by atoms with Crippen LogP contribution in [-0.2, 0) is 16.7 Å². The van der Waals surface area contributed by atoms with Crippen LogP contribution in [0.1, 0.15) is 32.2 Å². The summed E-state index contributed by atoms with van der Waals surface area (Å²) >= 11 is 0. The average Bonchev–Trinajstić information content (AvgIpc) is 3.11. The lowest BCUT2D eigenvalue weighted by Gasteiger charge is -2.36. The van der Waals surface area contributed by atoms with E-state index < -0.39 is 0 Å². The van der Waals surface area contributed by atoms with Crippen LogP contribution in [0, 0.1) is 0 Å². The SMILES string of the molecule is CC(C)(C)c1ccc(-c2nc(C[N+]3(C)CCOCC3)nn2-c2cccc([O-])c2)cc1. The van der Waals surface area contributed by atoms with Crippen LogP contribution < -0.4 is 5.11 Å². The minimum atomic E-state index is -0.0363. The van der Waals surface area contributed by atoms with E-state index in [9.17, 15) is 5.11 Å². The molecule has 30 heavy (non-hydrogen) atoms. The van der Waals surface area contributed by atoms with E-state index in [0.717, 1.165) is 60.2 Å². The number of hydrogen-bond acceptors (Lipinski definition) is 4.